The molecule has 0 saturated heterocycles. The predicted octanol–water partition coefficient (Wildman–Crippen LogP) is 12.8. The number of Topliss-reactive ketones (excluding diaryl/α,β-unsaturated/α-hetero) is 2. The van der Waals surface area contributed by atoms with Gasteiger partial charge in [0.25, 0.3) is 23.6 Å². The second kappa shape index (κ2) is 24.2. The Morgan fingerprint density at radius 3 is 1.28 bits per heavy atom. The summed E-state index contributed by atoms with van der Waals surface area (Å²) >= 11 is 32.4. The Bertz CT molecular complexity index is 2860. The fourth-order valence-electron chi connectivity index (χ4n) is 6.52. The van der Waals surface area contributed by atoms with E-state index in [2.05, 4.69) is 41.7 Å². The lowest BCUT2D eigenvalue weighted by molar-refractivity contribution is -0.127. The summed E-state index contributed by atoms with van der Waals surface area (Å²) < 4.78 is 10.5. The van der Waals surface area contributed by atoms with Gasteiger partial charge in [0.1, 0.15) is 22.9 Å². The quantitative estimate of drug-likeness (QED) is 0.0353. The molecule has 4 amide bonds. The van der Waals surface area contributed by atoms with Gasteiger partial charge in [0, 0.05) is 22.7 Å². The van der Waals surface area contributed by atoms with E-state index in [1.807, 2.05) is 0 Å². The van der Waals surface area contributed by atoms with Crippen LogP contribution < -0.4 is 30.7 Å². The van der Waals surface area contributed by atoms with Crippen molar-refractivity contribution < 1.29 is 38.2 Å². The largest absolute Gasteiger partial charge is 0.497 e. The van der Waals surface area contributed by atoms with Gasteiger partial charge in [-0.2, -0.15) is 20.5 Å². The average molecular weight is 1040 g/mol. The van der Waals surface area contributed by atoms with Gasteiger partial charge in [-0.3, -0.25) is 28.8 Å². The van der Waals surface area contributed by atoms with Crippen LogP contribution >= 0.6 is 58.0 Å². The highest BCUT2D eigenvalue weighted by atomic mass is 35.5. The molecule has 21 heteroatoms. The molecule has 0 aliphatic rings. The van der Waals surface area contributed by atoms with Crippen LogP contribution in [0.4, 0.5) is 34.1 Å². The number of nitrogens with zero attached hydrogens (tertiary/aromatic N) is 4. The normalized spacial score (nSPS) is 13.4. The molecule has 360 valence electrons. The maximum absolute atomic E-state index is 13.6. The van der Waals surface area contributed by atoms with Crippen LogP contribution in [0.25, 0.3) is 0 Å². The summed E-state index contributed by atoms with van der Waals surface area (Å²) in [5, 5.41) is 25.0. The number of carbonyl (C=O) groups excluding carboxylic acids is 6. The molecule has 0 bridgehead atoms. The van der Waals surface area contributed by atoms with Crippen LogP contribution in [-0.4, -0.2) is 61.5 Å². The third-order valence-corrected chi connectivity index (χ3v) is 11.7. The van der Waals surface area contributed by atoms with Gasteiger partial charge in [-0.15, -0.1) is 34.8 Å². The maximum atomic E-state index is 13.6. The summed E-state index contributed by atoms with van der Waals surface area (Å²) in [5.74, 6) is -3.13. The third-order valence-electron chi connectivity index (χ3n) is 10.2. The fourth-order valence-corrected chi connectivity index (χ4v) is 7.56. The van der Waals surface area contributed by atoms with Crippen molar-refractivity contribution in [2.45, 2.75) is 62.8 Å². The Morgan fingerprint density at radius 1 is 0.507 bits per heavy atom. The van der Waals surface area contributed by atoms with Crippen molar-refractivity contribution in [3.05, 3.63) is 129 Å². The zero-order chi connectivity index (χ0) is 50.7. The standard InChI is InChI=1S/C48H45Cl5N8O8/c1-23(49)33-20-28(54-47(66)43(26(4)62)60-58-39-12-8-10-31(41(39)52)45(64)55-37-18-15-29(68-6)21-34(37)24(2)50)14-17-36(33)57-48(67)44(27(5)63)61-59-40-13-9-11-32(42(40)53)46(65)56-38-19-16-30(69-7)22-35(38)25(3)51/h8-25,43-44H,1-7H3,(H,54,66)(H,55,64)(H,56,65)(H,57,67). The molecule has 69 heavy (non-hydrogen) atoms. The van der Waals surface area contributed by atoms with E-state index in [-0.39, 0.29) is 43.9 Å². The summed E-state index contributed by atoms with van der Waals surface area (Å²) in [5.41, 5.74) is 2.81. The van der Waals surface area contributed by atoms with E-state index in [4.69, 9.17) is 67.5 Å². The number of anilines is 4. The van der Waals surface area contributed by atoms with E-state index in [0.29, 0.717) is 39.6 Å². The Kier molecular flexibility index (Phi) is 18.8. The second-order valence-electron chi connectivity index (χ2n) is 15.2. The molecule has 0 aliphatic carbocycles. The molecule has 0 spiro atoms. The zero-order valence-electron chi connectivity index (χ0n) is 38.0. The van der Waals surface area contributed by atoms with Crippen LogP contribution in [0.5, 0.6) is 11.5 Å². The highest BCUT2D eigenvalue weighted by molar-refractivity contribution is 6.37. The van der Waals surface area contributed by atoms with Gasteiger partial charge in [-0.1, -0.05) is 35.3 Å². The second-order valence-corrected chi connectivity index (χ2v) is 17.9. The first-order valence-corrected chi connectivity index (χ1v) is 22.9. The average Bonchev–Trinajstić information content (AvgIpc) is 3.30. The van der Waals surface area contributed by atoms with Crippen LogP contribution in [-0.2, 0) is 19.2 Å². The first-order valence-electron chi connectivity index (χ1n) is 20.8. The molecule has 0 heterocycles. The van der Waals surface area contributed by atoms with E-state index < -0.39 is 63.4 Å². The molecule has 5 aromatic rings. The van der Waals surface area contributed by atoms with Crippen LogP contribution in [0.1, 0.15) is 88.2 Å². The molecule has 5 unspecified atom stereocenters. The van der Waals surface area contributed by atoms with Gasteiger partial charge in [0.05, 0.1) is 51.5 Å². The van der Waals surface area contributed by atoms with Crippen molar-refractivity contribution in [3.8, 4) is 11.5 Å². The number of methoxy groups -OCH3 is 2. The number of benzene rings is 5. The lowest BCUT2D eigenvalue weighted by Crippen LogP contribution is -2.32. The highest BCUT2D eigenvalue weighted by Crippen LogP contribution is 2.36. The minimum atomic E-state index is -1.66. The Morgan fingerprint density at radius 2 is 0.884 bits per heavy atom. The number of nitrogens with one attached hydrogen (secondary N) is 4. The number of alkyl halides is 3. The first-order chi connectivity index (χ1) is 32.7. The van der Waals surface area contributed by atoms with E-state index in [0.717, 1.165) is 13.8 Å². The van der Waals surface area contributed by atoms with Crippen LogP contribution in [0.2, 0.25) is 10.0 Å². The molecule has 0 aromatic heterocycles. The summed E-state index contributed by atoms with van der Waals surface area (Å²) in [7, 11) is 3.02. The van der Waals surface area contributed by atoms with Gasteiger partial charge in [0.2, 0.25) is 12.1 Å². The van der Waals surface area contributed by atoms with E-state index in [1.165, 1.54) is 68.8 Å². The van der Waals surface area contributed by atoms with Gasteiger partial charge in [-0.25, -0.2) is 0 Å². The van der Waals surface area contributed by atoms with Crippen molar-refractivity contribution in [1.82, 2.24) is 0 Å². The maximum Gasteiger partial charge on any atom is 0.258 e. The molecule has 5 aromatic carbocycles. The van der Waals surface area contributed by atoms with Gasteiger partial charge < -0.3 is 30.7 Å². The number of carbonyl (C=O) groups is 6. The number of rotatable bonds is 19. The lowest BCUT2D eigenvalue weighted by Gasteiger charge is -2.17. The van der Waals surface area contributed by atoms with Crippen LogP contribution in [0.15, 0.2) is 111 Å². The predicted molar refractivity (Wildman–Crippen MR) is 269 cm³/mol. The van der Waals surface area contributed by atoms with Gasteiger partial charge in [-0.05, 0) is 130 Å². The van der Waals surface area contributed by atoms with Crippen molar-refractivity contribution >= 4 is 127 Å². The van der Waals surface area contributed by atoms with E-state index in [1.54, 1.807) is 57.2 Å². The van der Waals surface area contributed by atoms with Crippen molar-refractivity contribution in [1.29, 1.82) is 0 Å². The third kappa shape index (κ3) is 13.6. The van der Waals surface area contributed by atoms with Crippen LogP contribution in [0.3, 0.4) is 0 Å². The lowest BCUT2D eigenvalue weighted by atomic mass is 10.1. The number of hydrogen-bond donors (Lipinski definition) is 4. The highest BCUT2D eigenvalue weighted by Gasteiger charge is 2.27. The minimum Gasteiger partial charge on any atom is -0.497 e. The van der Waals surface area contributed by atoms with Gasteiger partial charge in [0.15, 0.2) is 11.6 Å². The smallest absolute Gasteiger partial charge is 0.258 e. The molecule has 4 N–H and O–H groups in total. The SMILES string of the molecule is COc1ccc(NC(=O)c2cccc(N=NC(C(C)=O)C(=O)Nc3ccc(NC(=O)C(N=Nc4cccc(C(=O)Nc5ccc(OC)cc5C(C)Cl)c4Cl)C(C)=O)c(C(C)Cl)c3)c2Cl)c(C(C)Cl)c1. The Hall–Kier alpha value is -6.43. The molecule has 16 nitrogen and oxygen atoms in total. The molecule has 0 aliphatic heterocycles. The number of ether oxygens (including phenoxy) is 2. The van der Waals surface area contributed by atoms with Crippen LogP contribution in [0, 0.1) is 0 Å². The molecular weight excluding hydrogens is 994 g/mol. The van der Waals surface area contributed by atoms with Crippen molar-refractivity contribution in [2.24, 2.45) is 20.5 Å². The zero-order valence-corrected chi connectivity index (χ0v) is 41.8. The van der Waals surface area contributed by atoms with Crippen molar-refractivity contribution in [2.75, 3.05) is 35.5 Å². The minimum absolute atomic E-state index is 0.00332. The van der Waals surface area contributed by atoms with E-state index >= 15 is 0 Å². The Labute approximate surface area is 422 Å². The molecule has 0 fully saturated rings. The number of azo groups is 2. The topological polar surface area (TPSA) is 218 Å². The Balaban J connectivity index is 1.29. The number of halogens is 5. The number of amides is 4. The monoisotopic (exact) mass is 1040 g/mol. The molecule has 5 atom stereocenters. The number of hydrogen-bond acceptors (Lipinski definition) is 12. The first kappa shape index (κ1) is 53.5. The molecular formula is C48H45Cl5N8O8. The number of ketones is 2. The summed E-state index contributed by atoms with van der Waals surface area (Å²) in [6.07, 6.45) is 0. The van der Waals surface area contributed by atoms with Gasteiger partial charge >= 0.3 is 0 Å². The summed E-state index contributed by atoms with van der Waals surface area (Å²) in [6, 6.07) is 19.9. The molecule has 5 rings (SSSR count). The molecule has 0 saturated carbocycles. The van der Waals surface area contributed by atoms with Crippen molar-refractivity contribution in [3.63, 3.8) is 0 Å². The fraction of sp³-hybridized carbons (Fsp3) is 0.250. The van der Waals surface area contributed by atoms with E-state index in [9.17, 15) is 28.8 Å². The summed E-state index contributed by atoms with van der Waals surface area (Å²) in [6.45, 7) is 7.39. The summed E-state index contributed by atoms with van der Waals surface area (Å²) in [4.78, 5) is 79.2. The molecule has 0 radical (unpaired) electrons.